The van der Waals surface area contributed by atoms with Crippen molar-refractivity contribution in [1.82, 2.24) is 10.3 Å². The molecule has 0 radical (unpaired) electrons. The first kappa shape index (κ1) is 13.6. The van der Waals surface area contributed by atoms with Gasteiger partial charge in [0.15, 0.2) is 0 Å². The van der Waals surface area contributed by atoms with Gasteiger partial charge in [-0.05, 0) is 18.6 Å². The molecule has 3 N–H and O–H groups in total. The minimum Gasteiger partial charge on any atom is -0.481 e. The maximum absolute atomic E-state index is 11.6. The van der Waals surface area contributed by atoms with Crippen LogP contribution in [0.1, 0.15) is 23.3 Å². The van der Waals surface area contributed by atoms with Gasteiger partial charge in [-0.15, -0.1) is 0 Å². The average molecular weight is 252 g/mol. The van der Waals surface area contributed by atoms with Crippen molar-refractivity contribution < 1.29 is 24.6 Å². The van der Waals surface area contributed by atoms with E-state index in [1.54, 1.807) is 12.1 Å². The van der Waals surface area contributed by atoms with E-state index in [1.165, 1.54) is 12.3 Å². The zero-order valence-electron chi connectivity index (χ0n) is 9.37. The summed E-state index contributed by atoms with van der Waals surface area (Å²) in [5, 5.41) is 19.6. The van der Waals surface area contributed by atoms with Crippen LogP contribution in [0, 0.1) is 0 Å². The number of carboxylic acids is 2. The minimum absolute atomic E-state index is 0.0825. The van der Waals surface area contributed by atoms with Crippen LogP contribution in [-0.4, -0.2) is 39.1 Å². The molecule has 1 aromatic rings. The van der Waals surface area contributed by atoms with Gasteiger partial charge < -0.3 is 15.5 Å². The number of carboxylic acid groups (broad SMARTS) is 2. The Balaban J connectivity index is 2.64. The van der Waals surface area contributed by atoms with E-state index < -0.39 is 23.9 Å². The number of nitrogens with zero attached hydrogens (tertiary/aromatic N) is 1. The van der Waals surface area contributed by atoms with Crippen LogP contribution >= 0.6 is 0 Å². The predicted octanol–water partition coefficient (Wildman–Crippen LogP) is 0.129. The first-order chi connectivity index (χ1) is 8.50. The standard InChI is InChI=1S/C11H12N2O5/c14-9(15)5-4-8(11(17)18)13-10(16)7-3-1-2-6-12-7/h1-3,6,8H,4-5H2,(H,13,16)(H,14,15)(H,17,18)/t8-/m1/s1. The zero-order chi connectivity index (χ0) is 13.5. The summed E-state index contributed by atoms with van der Waals surface area (Å²) < 4.78 is 0. The molecule has 0 fully saturated rings. The number of hydrogen-bond donors (Lipinski definition) is 3. The molecule has 0 aromatic carbocycles. The highest BCUT2D eigenvalue weighted by molar-refractivity contribution is 5.94. The van der Waals surface area contributed by atoms with Gasteiger partial charge >= 0.3 is 11.9 Å². The van der Waals surface area contributed by atoms with Gasteiger partial charge in [0, 0.05) is 12.6 Å². The molecule has 0 aliphatic rings. The van der Waals surface area contributed by atoms with Gasteiger partial charge in [-0.3, -0.25) is 14.6 Å². The van der Waals surface area contributed by atoms with Crippen LogP contribution in [0.15, 0.2) is 24.4 Å². The lowest BCUT2D eigenvalue weighted by Gasteiger charge is -2.12. The van der Waals surface area contributed by atoms with E-state index in [0.717, 1.165) is 0 Å². The van der Waals surface area contributed by atoms with Crippen LogP contribution in [0.25, 0.3) is 0 Å². The molecule has 1 atom stereocenters. The number of hydrogen-bond acceptors (Lipinski definition) is 4. The molecule has 1 rings (SSSR count). The Bertz CT molecular complexity index is 446. The molecule has 96 valence electrons. The van der Waals surface area contributed by atoms with Crippen molar-refractivity contribution in [2.45, 2.75) is 18.9 Å². The average Bonchev–Trinajstić information content (AvgIpc) is 2.34. The minimum atomic E-state index is -1.28. The van der Waals surface area contributed by atoms with E-state index in [1.807, 2.05) is 0 Å². The second kappa shape index (κ2) is 6.33. The van der Waals surface area contributed by atoms with E-state index in [2.05, 4.69) is 10.3 Å². The third kappa shape index (κ3) is 4.20. The van der Waals surface area contributed by atoms with Gasteiger partial charge in [0.1, 0.15) is 11.7 Å². The topological polar surface area (TPSA) is 117 Å². The Morgan fingerprint density at radius 1 is 1.28 bits per heavy atom. The molecule has 0 aliphatic carbocycles. The number of aliphatic carboxylic acids is 2. The highest BCUT2D eigenvalue weighted by atomic mass is 16.4. The van der Waals surface area contributed by atoms with Gasteiger partial charge in [0.05, 0.1) is 0 Å². The highest BCUT2D eigenvalue weighted by Gasteiger charge is 2.21. The van der Waals surface area contributed by atoms with Crippen LogP contribution in [0.3, 0.4) is 0 Å². The van der Waals surface area contributed by atoms with Crippen LogP contribution in [-0.2, 0) is 9.59 Å². The second-order valence-corrected chi connectivity index (χ2v) is 3.51. The molecule has 0 saturated heterocycles. The van der Waals surface area contributed by atoms with Gasteiger partial charge in [-0.1, -0.05) is 6.07 Å². The number of amides is 1. The molecule has 0 bridgehead atoms. The number of carbonyl (C=O) groups is 3. The Kier molecular flexibility index (Phi) is 4.79. The van der Waals surface area contributed by atoms with Crippen molar-refractivity contribution in [2.75, 3.05) is 0 Å². The Labute approximate surface area is 102 Å². The molecular formula is C11H12N2O5. The molecule has 1 heterocycles. The molecule has 0 unspecified atom stereocenters. The van der Waals surface area contributed by atoms with E-state index in [0.29, 0.717) is 0 Å². The first-order valence-corrected chi connectivity index (χ1v) is 5.17. The largest absolute Gasteiger partial charge is 0.481 e. The van der Waals surface area contributed by atoms with Gasteiger partial charge in [-0.25, -0.2) is 4.79 Å². The second-order valence-electron chi connectivity index (χ2n) is 3.51. The molecule has 0 aliphatic heterocycles. The fourth-order valence-corrected chi connectivity index (χ4v) is 1.25. The number of aromatic nitrogens is 1. The summed E-state index contributed by atoms with van der Waals surface area (Å²) in [6.45, 7) is 0. The fourth-order valence-electron chi connectivity index (χ4n) is 1.25. The SMILES string of the molecule is O=C(O)CC[C@@H](NC(=O)c1ccccn1)C(=O)O. The molecule has 7 nitrogen and oxygen atoms in total. The molecule has 1 amide bonds. The number of pyridine rings is 1. The lowest BCUT2D eigenvalue weighted by Crippen LogP contribution is -2.41. The number of carbonyl (C=O) groups excluding carboxylic acids is 1. The lowest BCUT2D eigenvalue weighted by atomic mass is 10.1. The van der Waals surface area contributed by atoms with Crippen molar-refractivity contribution in [3.8, 4) is 0 Å². The normalized spacial score (nSPS) is 11.6. The summed E-state index contributed by atoms with van der Waals surface area (Å²) in [6.07, 6.45) is 0.893. The fraction of sp³-hybridized carbons (Fsp3) is 0.273. The highest BCUT2D eigenvalue weighted by Crippen LogP contribution is 2.01. The summed E-state index contributed by atoms with van der Waals surface area (Å²) in [5.74, 6) is -3.04. The zero-order valence-corrected chi connectivity index (χ0v) is 9.37. The van der Waals surface area contributed by atoms with Crippen molar-refractivity contribution >= 4 is 17.8 Å². The molecular weight excluding hydrogens is 240 g/mol. The maximum atomic E-state index is 11.6. The monoisotopic (exact) mass is 252 g/mol. The van der Waals surface area contributed by atoms with E-state index in [4.69, 9.17) is 10.2 Å². The van der Waals surface area contributed by atoms with Crippen LogP contribution in [0.4, 0.5) is 0 Å². The van der Waals surface area contributed by atoms with Gasteiger partial charge in [-0.2, -0.15) is 0 Å². The smallest absolute Gasteiger partial charge is 0.326 e. The van der Waals surface area contributed by atoms with Gasteiger partial charge in [0.25, 0.3) is 5.91 Å². The number of nitrogens with one attached hydrogen (secondary N) is 1. The summed E-state index contributed by atoms with van der Waals surface area (Å²) in [4.78, 5) is 36.6. The van der Waals surface area contributed by atoms with Crippen LogP contribution < -0.4 is 5.32 Å². The maximum Gasteiger partial charge on any atom is 0.326 e. The Hall–Kier alpha value is -2.44. The predicted molar refractivity (Wildman–Crippen MR) is 60.0 cm³/mol. The van der Waals surface area contributed by atoms with E-state index in [9.17, 15) is 14.4 Å². The molecule has 0 spiro atoms. The molecule has 18 heavy (non-hydrogen) atoms. The van der Waals surface area contributed by atoms with Crippen LogP contribution in [0.2, 0.25) is 0 Å². The lowest BCUT2D eigenvalue weighted by molar-refractivity contribution is -0.140. The molecule has 7 heteroatoms. The summed E-state index contributed by atoms with van der Waals surface area (Å²) >= 11 is 0. The quantitative estimate of drug-likeness (QED) is 0.662. The van der Waals surface area contributed by atoms with Crippen molar-refractivity contribution in [3.05, 3.63) is 30.1 Å². The third-order valence-electron chi connectivity index (χ3n) is 2.15. The number of rotatable bonds is 6. The Morgan fingerprint density at radius 2 is 2.00 bits per heavy atom. The summed E-state index contributed by atoms with van der Waals surface area (Å²) in [6, 6.07) is 3.41. The molecule has 1 aromatic heterocycles. The summed E-state index contributed by atoms with van der Waals surface area (Å²) in [7, 11) is 0. The van der Waals surface area contributed by atoms with Crippen LogP contribution in [0.5, 0.6) is 0 Å². The van der Waals surface area contributed by atoms with E-state index in [-0.39, 0.29) is 18.5 Å². The van der Waals surface area contributed by atoms with Crippen molar-refractivity contribution in [3.63, 3.8) is 0 Å². The van der Waals surface area contributed by atoms with Crippen molar-refractivity contribution in [1.29, 1.82) is 0 Å². The first-order valence-electron chi connectivity index (χ1n) is 5.17. The van der Waals surface area contributed by atoms with Gasteiger partial charge in [0.2, 0.25) is 0 Å². The van der Waals surface area contributed by atoms with Crippen molar-refractivity contribution in [2.24, 2.45) is 0 Å². The summed E-state index contributed by atoms with van der Waals surface area (Å²) in [5.41, 5.74) is 0.0825. The van der Waals surface area contributed by atoms with E-state index >= 15 is 0 Å². The Morgan fingerprint density at radius 3 is 2.50 bits per heavy atom. The molecule has 0 saturated carbocycles. The third-order valence-corrected chi connectivity index (χ3v) is 2.15.